The summed E-state index contributed by atoms with van der Waals surface area (Å²) in [6.07, 6.45) is 0. The normalized spacial score (nSPS) is 11.5. The van der Waals surface area contributed by atoms with Crippen LogP contribution in [0.1, 0.15) is 15.9 Å². The molecule has 0 aliphatic rings. The van der Waals surface area contributed by atoms with Crippen LogP contribution in [0.15, 0.2) is 194 Å². The Labute approximate surface area is 301 Å². The molecule has 0 unspecified atom stereocenters. The minimum atomic E-state index is 0.00362. The zero-order valence-electron chi connectivity index (χ0n) is 28.3. The van der Waals surface area contributed by atoms with Crippen LogP contribution in [-0.4, -0.2) is 14.9 Å². The second-order valence-corrected chi connectivity index (χ2v) is 13.3. The molecule has 2 heterocycles. The van der Waals surface area contributed by atoms with Gasteiger partial charge < -0.3 is 9.13 Å². The van der Waals surface area contributed by atoms with Gasteiger partial charge in [0.1, 0.15) is 0 Å². The lowest BCUT2D eigenvalue weighted by molar-refractivity contribution is 0.103. The Morgan fingerprint density at radius 1 is 0.385 bits per heavy atom. The number of nitrogens with zero attached hydrogens (tertiary/aromatic N) is 2. The molecule has 0 spiro atoms. The second kappa shape index (κ2) is 12.1. The molecule has 0 bridgehead atoms. The fraction of sp³-hybridized carbons (Fsp3) is 0. The second-order valence-electron chi connectivity index (χ2n) is 13.3. The third kappa shape index (κ3) is 4.71. The lowest BCUT2D eigenvalue weighted by Gasteiger charge is -2.15. The summed E-state index contributed by atoms with van der Waals surface area (Å²) in [5, 5.41) is 5.65. The van der Waals surface area contributed by atoms with E-state index in [-0.39, 0.29) is 5.78 Å². The van der Waals surface area contributed by atoms with Crippen LogP contribution in [0.2, 0.25) is 0 Å². The molecular formula is C49H32N2O. The van der Waals surface area contributed by atoms with Crippen LogP contribution < -0.4 is 0 Å². The third-order valence-electron chi connectivity index (χ3n) is 10.3. The predicted octanol–water partition coefficient (Wildman–Crippen LogP) is 12.4. The van der Waals surface area contributed by atoms with Gasteiger partial charge in [0.25, 0.3) is 0 Å². The zero-order chi connectivity index (χ0) is 34.6. The lowest BCUT2D eigenvalue weighted by Crippen LogP contribution is -2.04. The first kappa shape index (κ1) is 29.9. The zero-order valence-corrected chi connectivity index (χ0v) is 28.3. The molecule has 0 atom stereocenters. The van der Waals surface area contributed by atoms with Gasteiger partial charge in [-0.25, -0.2) is 0 Å². The molecule has 244 valence electrons. The molecule has 0 saturated carbocycles. The quantitative estimate of drug-likeness (QED) is 0.163. The van der Waals surface area contributed by atoms with Crippen LogP contribution in [0.4, 0.5) is 0 Å². The van der Waals surface area contributed by atoms with Crippen molar-refractivity contribution >= 4 is 49.3 Å². The van der Waals surface area contributed by atoms with Gasteiger partial charge in [0, 0.05) is 44.2 Å². The molecule has 3 nitrogen and oxygen atoms in total. The van der Waals surface area contributed by atoms with Crippen LogP contribution >= 0.6 is 0 Å². The number of ketones is 1. The monoisotopic (exact) mass is 664 g/mol. The molecule has 10 rings (SSSR count). The standard InChI is InChI=1S/C49H32N2O/c52-49(38-28-27-33-15-10-11-20-36(33)31-38)37-21-14-24-40(32-37)50-44-26-13-12-25-41(44)42-29-30-43-45(34-16-4-1-5-17-34)46(35-18-6-2-7-19-35)51(48(43)47(42)50)39-22-8-3-9-23-39/h1-32H. The summed E-state index contributed by atoms with van der Waals surface area (Å²) in [7, 11) is 0. The van der Waals surface area contributed by atoms with Gasteiger partial charge >= 0.3 is 0 Å². The van der Waals surface area contributed by atoms with E-state index in [1.165, 1.54) is 5.56 Å². The maximum Gasteiger partial charge on any atom is 0.193 e. The molecule has 0 fully saturated rings. The highest BCUT2D eigenvalue weighted by atomic mass is 16.1. The summed E-state index contributed by atoms with van der Waals surface area (Å²) in [5.41, 5.74) is 11.3. The van der Waals surface area contributed by atoms with Gasteiger partial charge in [-0.05, 0) is 58.3 Å². The van der Waals surface area contributed by atoms with Crippen LogP contribution in [0.5, 0.6) is 0 Å². The van der Waals surface area contributed by atoms with Crippen molar-refractivity contribution in [2.75, 3.05) is 0 Å². The molecule has 0 N–H and O–H groups in total. The molecule has 0 radical (unpaired) electrons. The van der Waals surface area contributed by atoms with E-state index < -0.39 is 0 Å². The van der Waals surface area contributed by atoms with Gasteiger partial charge in [0.15, 0.2) is 5.78 Å². The Morgan fingerprint density at radius 2 is 0.981 bits per heavy atom. The van der Waals surface area contributed by atoms with Crippen molar-refractivity contribution in [1.82, 2.24) is 9.13 Å². The number of para-hydroxylation sites is 2. The van der Waals surface area contributed by atoms with E-state index >= 15 is 0 Å². The summed E-state index contributed by atoms with van der Waals surface area (Å²) >= 11 is 0. The Kier molecular flexibility index (Phi) is 6.97. The third-order valence-corrected chi connectivity index (χ3v) is 10.3. The van der Waals surface area contributed by atoms with Gasteiger partial charge in [-0.1, -0.05) is 158 Å². The van der Waals surface area contributed by atoms with Gasteiger partial charge in [-0.2, -0.15) is 0 Å². The van der Waals surface area contributed by atoms with E-state index in [4.69, 9.17) is 0 Å². The van der Waals surface area contributed by atoms with Crippen molar-refractivity contribution in [2.45, 2.75) is 0 Å². The van der Waals surface area contributed by atoms with Crippen LogP contribution in [0, 0.1) is 0 Å². The summed E-state index contributed by atoms with van der Waals surface area (Å²) in [6, 6.07) is 67.5. The van der Waals surface area contributed by atoms with Crippen LogP contribution in [-0.2, 0) is 0 Å². The Hall–Kier alpha value is -6.97. The highest BCUT2D eigenvalue weighted by Gasteiger charge is 2.26. The maximum atomic E-state index is 14.1. The SMILES string of the molecule is O=C(c1cccc(-n2c3ccccc3c3ccc4c(-c5ccccc5)c(-c5ccccc5)n(-c5ccccc5)c4c32)c1)c1ccc2ccccc2c1. The Bertz CT molecular complexity index is 2950. The molecule has 0 aliphatic heterocycles. The highest BCUT2D eigenvalue weighted by molar-refractivity contribution is 6.22. The fourth-order valence-corrected chi connectivity index (χ4v) is 7.97. The number of fused-ring (bicyclic) bond motifs is 6. The van der Waals surface area contributed by atoms with Crippen molar-refractivity contribution in [2.24, 2.45) is 0 Å². The molecule has 0 amide bonds. The van der Waals surface area contributed by atoms with E-state index in [1.807, 2.05) is 48.5 Å². The predicted molar refractivity (Wildman–Crippen MR) is 216 cm³/mol. The van der Waals surface area contributed by atoms with Gasteiger partial charge in [0.05, 0.1) is 22.2 Å². The van der Waals surface area contributed by atoms with Gasteiger partial charge in [-0.3, -0.25) is 4.79 Å². The highest BCUT2D eigenvalue weighted by Crippen LogP contribution is 2.47. The average Bonchev–Trinajstić information content (AvgIpc) is 3.75. The molecule has 3 heteroatoms. The molecular weight excluding hydrogens is 633 g/mol. The number of rotatable bonds is 6. The van der Waals surface area contributed by atoms with Crippen molar-refractivity contribution in [1.29, 1.82) is 0 Å². The smallest absolute Gasteiger partial charge is 0.193 e. The number of hydrogen-bond acceptors (Lipinski definition) is 1. The topological polar surface area (TPSA) is 26.9 Å². The minimum absolute atomic E-state index is 0.00362. The molecule has 0 aliphatic carbocycles. The van der Waals surface area contributed by atoms with E-state index in [0.717, 1.165) is 71.7 Å². The molecule has 52 heavy (non-hydrogen) atoms. The van der Waals surface area contributed by atoms with Gasteiger partial charge in [0.2, 0.25) is 0 Å². The maximum absolute atomic E-state index is 14.1. The van der Waals surface area contributed by atoms with Crippen molar-refractivity contribution in [3.05, 3.63) is 205 Å². The number of carbonyl (C=O) groups excluding carboxylic acids is 1. The molecule has 2 aromatic heterocycles. The lowest BCUT2D eigenvalue weighted by atomic mass is 9.97. The first-order chi connectivity index (χ1) is 25.7. The number of carbonyl (C=O) groups is 1. The Balaban J connectivity index is 1.32. The minimum Gasteiger partial charge on any atom is -0.307 e. The van der Waals surface area contributed by atoms with Crippen LogP contribution in [0.3, 0.4) is 0 Å². The fourth-order valence-electron chi connectivity index (χ4n) is 7.97. The molecule has 8 aromatic carbocycles. The number of benzene rings is 8. The van der Waals surface area contributed by atoms with Gasteiger partial charge in [-0.15, -0.1) is 0 Å². The molecule has 0 saturated heterocycles. The molecule has 10 aromatic rings. The van der Waals surface area contributed by atoms with E-state index in [1.54, 1.807) is 0 Å². The Morgan fingerprint density at radius 3 is 1.77 bits per heavy atom. The number of aromatic nitrogens is 2. The van der Waals surface area contributed by atoms with E-state index in [2.05, 4.69) is 155 Å². The summed E-state index contributed by atoms with van der Waals surface area (Å²) in [5.74, 6) is 0.00362. The van der Waals surface area contributed by atoms with Crippen molar-refractivity contribution in [3.63, 3.8) is 0 Å². The first-order valence-electron chi connectivity index (χ1n) is 17.7. The average molecular weight is 665 g/mol. The van der Waals surface area contributed by atoms with Crippen LogP contribution in [0.25, 0.3) is 77.2 Å². The largest absolute Gasteiger partial charge is 0.307 e. The summed E-state index contributed by atoms with van der Waals surface area (Å²) < 4.78 is 4.79. The first-order valence-corrected chi connectivity index (χ1v) is 17.7. The van der Waals surface area contributed by atoms with E-state index in [0.29, 0.717) is 11.1 Å². The van der Waals surface area contributed by atoms with Crippen molar-refractivity contribution < 1.29 is 4.79 Å². The number of hydrogen-bond donors (Lipinski definition) is 0. The summed E-state index contributed by atoms with van der Waals surface area (Å²) in [4.78, 5) is 14.1. The summed E-state index contributed by atoms with van der Waals surface area (Å²) in [6.45, 7) is 0. The van der Waals surface area contributed by atoms with E-state index in [9.17, 15) is 4.79 Å². The van der Waals surface area contributed by atoms with Crippen molar-refractivity contribution in [3.8, 4) is 33.8 Å².